The highest BCUT2D eigenvalue weighted by molar-refractivity contribution is 6.00. The first-order valence-electron chi connectivity index (χ1n) is 5.68. The zero-order valence-electron chi connectivity index (χ0n) is 10.3. The van der Waals surface area contributed by atoms with Gasteiger partial charge in [-0.05, 0) is 25.1 Å². The summed E-state index contributed by atoms with van der Waals surface area (Å²) >= 11 is 0. The van der Waals surface area contributed by atoms with Crippen LogP contribution in [-0.2, 0) is 0 Å². The molecule has 0 aliphatic rings. The number of hydrazone groups is 1. The lowest BCUT2D eigenvalue weighted by atomic mass is 10.1. The first kappa shape index (κ1) is 12.9. The summed E-state index contributed by atoms with van der Waals surface area (Å²) in [5.74, 6) is -0.736. The summed E-state index contributed by atoms with van der Waals surface area (Å²) in [6.45, 7) is 1.63. The fraction of sp³-hybridized carbons (Fsp3) is 0.0714. The van der Waals surface area contributed by atoms with E-state index in [0.717, 1.165) is 0 Å². The zero-order valence-corrected chi connectivity index (χ0v) is 10.3. The molecule has 4 nitrogen and oxygen atoms in total. The third kappa shape index (κ3) is 3.22. The van der Waals surface area contributed by atoms with Crippen molar-refractivity contribution in [1.29, 1.82) is 0 Å². The van der Waals surface area contributed by atoms with Gasteiger partial charge in [-0.25, -0.2) is 9.82 Å². The van der Waals surface area contributed by atoms with Crippen LogP contribution in [0.1, 0.15) is 22.8 Å². The standard InChI is InChI=1S/C14H12FN3O/c1-10(12-4-2-3-5-13(12)15)17-18-14(19)11-6-8-16-9-7-11/h2-9H,1H3,(H,18,19)/b17-10+. The Balaban J connectivity index is 2.11. The predicted molar refractivity (Wildman–Crippen MR) is 70.3 cm³/mol. The van der Waals surface area contributed by atoms with Gasteiger partial charge in [-0.2, -0.15) is 5.10 Å². The van der Waals surface area contributed by atoms with Crippen molar-refractivity contribution in [2.45, 2.75) is 6.92 Å². The highest BCUT2D eigenvalue weighted by Crippen LogP contribution is 2.07. The number of halogens is 1. The lowest BCUT2D eigenvalue weighted by Crippen LogP contribution is -2.19. The van der Waals surface area contributed by atoms with Crippen LogP contribution in [0.15, 0.2) is 53.9 Å². The van der Waals surface area contributed by atoms with Gasteiger partial charge < -0.3 is 0 Å². The Kier molecular flexibility index (Phi) is 3.97. The SMILES string of the molecule is C/C(=N\NC(=O)c1ccncc1)c1ccccc1F. The first-order valence-corrected chi connectivity index (χ1v) is 5.68. The van der Waals surface area contributed by atoms with Gasteiger partial charge in [-0.3, -0.25) is 9.78 Å². The summed E-state index contributed by atoms with van der Waals surface area (Å²) in [6.07, 6.45) is 3.03. The smallest absolute Gasteiger partial charge is 0.267 e. The number of rotatable bonds is 3. The second kappa shape index (κ2) is 5.86. The van der Waals surface area contributed by atoms with Crippen molar-refractivity contribution in [1.82, 2.24) is 10.4 Å². The lowest BCUT2D eigenvalue weighted by Gasteiger charge is -2.03. The maximum atomic E-state index is 13.5. The quantitative estimate of drug-likeness (QED) is 0.678. The molecule has 96 valence electrons. The number of nitrogens with one attached hydrogen (secondary N) is 1. The molecule has 0 spiro atoms. The molecule has 1 N–H and O–H groups in total. The van der Waals surface area contributed by atoms with Crippen LogP contribution in [0, 0.1) is 5.82 Å². The van der Waals surface area contributed by atoms with Gasteiger partial charge in [0.15, 0.2) is 0 Å². The van der Waals surface area contributed by atoms with E-state index >= 15 is 0 Å². The number of carbonyl (C=O) groups is 1. The molecular weight excluding hydrogens is 245 g/mol. The molecule has 1 amide bonds. The Morgan fingerprint density at radius 2 is 1.89 bits per heavy atom. The van der Waals surface area contributed by atoms with E-state index in [4.69, 9.17) is 0 Å². The summed E-state index contributed by atoms with van der Waals surface area (Å²) < 4.78 is 13.5. The van der Waals surface area contributed by atoms with Gasteiger partial charge in [-0.1, -0.05) is 18.2 Å². The van der Waals surface area contributed by atoms with Crippen LogP contribution in [0.4, 0.5) is 4.39 Å². The van der Waals surface area contributed by atoms with Gasteiger partial charge in [0.2, 0.25) is 0 Å². The number of hydrogen-bond donors (Lipinski definition) is 1. The van der Waals surface area contributed by atoms with Crippen LogP contribution in [0.5, 0.6) is 0 Å². The molecule has 0 saturated carbocycles. The molecule has 19 heavy (non-hydrogen) atoms. The summed E-state index contributed by atoms with van der Waals surface area (Å²) in [7, 11) is 0. The maximum absolute atomic E-state index is 13.5. The van der Waals surface area contributed by atoms with E-state index in [-0.39, 0.29) is 11.7 Å². The van der Waals surface area contributed by atoms with Crippen LogP contribution in [0.25, 0.3) is 0 Å². The minimum Gasteiger partial charge on any atom is -0.267 e. The van der Waals surface area contributed by atoms with Crippen LogP contribution >= 0.6 is 0 Å². The Morgan fingerprint density at radius 3 is 2.58 bits per heavy atom. The van der Waals surface area contributed by atoms with Gasteiger partial charge in [0.05, 0.1) is 5.71 Å². The van der Waals surface area contributed by atoms with Gasteiger partial charge in [-0.15, -0.1) is 0 Å². The molecule has 0 atom stereocenters. The first-order chi connectivity index (χ1) is 9.18. The van der Waals surface area contributed by atoms with E-state index in [9.17, 15) is 9.18 Å². The molecule has 1 aromatic carbocycles. The van der Waals surface area contributed by atoms with Gasteiger partial charge in [0.1, 0.15) is 5.82 Å². The van der Waals surface area contributed by atoms with Crippen LogP contribution in [-0.4, -0.2) is 16.6 Å². The van der Waals surface area contributed by atoms with E-state index in [2.05, 4.69) is 15.5 Å². The lowest BCUT2D eigenvalue weighted by molar-refractivity contribution is 0.0954. The molecule has 2 aromatic rings. The van der Waals surface area contributed by atoms with Gasteiger partial charge in [0, 0.05) is 23.5 Å². The third-order valence-corrected chi connectivity index (χ3v) is 2.53. The fourth-order valence-corrected chi connectivity index (χ4v) is 1.52. The summed E-state index contributed by atoms with van der Waals surface area (Å²) in [5, 5.41) is 3.89. The minimum atomic E-state index is -0.373. The summed E-state index contributed by atoms with van der Waals surface area (Å²) in [5.41, 5.74) is 3.59. The highest BCUT2D eigenvalue weighted by Gasteiger charge is 2.06. The molecule has 0 aliphatic heterocycles. The van der Waals surface area contributed by atoms with Gasteiger partial charge in [0.25, 0.3) is 5.91 Å². The number of aromatic nitrogens is 1. The topological polar surface area (TPSA) is 54.4 Å². The van der Waals surface area contributed by atoms with Crippen molar-refractivity contribution >= 4 is 11.6 Å². The molecule has 1 heterocycles. The molecule has 0 bridgehead atoms. The number of amides is 1. The molecule has 0 radical (unpaired) electrons. The van der Waals surface area contributed by atoms with E-state index < -0.39 is 0 Å². The molecule has 0 unspecified atom stereocenters. The Hall–Kier alpha value is -2.56. The normalized spacial score (nSPS) is 11.2. The van der Waals surface area contributed by atoms with Crippen molar-refractivity contribution in [3.63, 3.8) is 0 Å². The van der Waals surface area contributed by atoms with E-state index in [1.807, 2.05) is 0 Å². The molecule has 5 heteroatoms. The van der Waals surface area contributed by atoms with Gasteiger partial charge >= 0.3 is 0 Å². The molecule has 0 aliphatic carbocycles. The minimum absolute atomic E-state index is 0.359. The van der Waals surface area contributed by atoms with E-state index in [0.29, 0.717) is 16.8 Å². The molecule has 0 saturated heterocycles. The van der Waals surface area contributed by atoms with Crippen LogP contribution in [0.2, 0.25) is 0 Å². The van der Waals surface area contributed by atoms with Crippen molar-refractivity contribution < 1.29 is 9.18 Å². The van der Waals surface area contributed by atoms with Crippen molar-refractivity contribution in [2.75, 3.05) is 0 Å². The average molecular weight is 257 g/mol. The van der Waals surface area contributed by atoms with Crippen molar-refractivity contribution in [3.05, 3.63) is 65.7 Å². The Labute approximate surface area is 110 Å². The number of nitrogens with zero attached hydrogens (tertiary/aromatic N) is 2. The van der Waals surface area contributed by atoms with Crippen LogP contribution < -0.4 is 5.43 Å². The molecule has 2 rings (SSSR count). The zero-order chi connectivity index (χ0) is 13.7. The molecule has 1 aromatic heterocycles. The average Bonchev–Trinajstić information content (AvgIpc) is 2.46. The fourth-order valence-electron chi connectivity index (χ4n) is 1.52. The summed E-state index contributed by atoms with van der Waals surface area (Å²) in [4.78, 5) is 15.5. The number of pyridine rings is 1. The largest absolute Gasteiger partial charge is 0.271 e. The monoisotopic (exact) mass is 257 g/mol. The number of hydrogen-bond acceptors (Lipinski definition) is 3. The number of benzene rings is 1. The number of carbonyl (C=O) groups excluding carboxylic acids is 1. The summed E-state index contributed by atoms with van der Waals surface area (Å²) in [6, 6.07) is 9.40. The second-order valence-electron chi connectivity index (χ2n) is 3.85. The van der Waals surface area contributed by atoms with Crippen molar-refractivity contribution in [3.8, 4) is 0 Å². The third-order valence-electron chi connectivity index (χ3n) is 2.53. The second-order valence-corrected chi connectivity index (χ2v) is 3.85. The Morgan fingerprint density at radius 1 is 1.21 bits per heavy atom. The molecular formula is C14H12FN3O. The molecule has 0 fully saturated rings. The Bertz CT molecular complexity index is 611. The van der Waals surface area contributed by atoms with E-state index in [1.54, 1.807) is 37.3 Å². The highest BCUT2D eigenvalue weighted by atomic mass is 19.1. The predicted octanol–water partition coefficient (Wildman–Crippen LogP) is 2.37. The van der Waals surface area contributed by atoms with Crippen LogP contribution in [0.3, 0.4) is 0 Å². The maximum Gasteiger partial charge on any atom is 0.271 e. The van der Waals surface area contributed by atoms with Crippen molar-refractivity contribution in [2.24, 2.45) is 5.10 Å². The van der Waals surface area contributed by atoms with E-state index in [1.165, 1.54) is 18.5 Å².